The van der Waals surface area contributed by atoms with Crippen molar-refractivity contribution in [2.75, 3.05) is 6.61 Å². The van der Waals surface area contributed by atoms with Crippen LogP contribution in [0.5, 0.6) is 5.88 Å². The van der Waals surface area contributed by atoms with Crippen LogP contribution in [0.4, 0.5) is 4.79 Å². The zero-order chi connectivity index (χ0) is 19.0. The van der Waals surface area contributed by atoms with E-state index in [1.165, 1.54) is 0 Å². The molecule has 1 fully saturated rings. The molecule has 1 aliphatic rings. The summed E-state index contributed by atoms with van der Waals surface area (Å²) in [6.07, 6.45) is 6.66. The van der Waals surface area contributed by atoms with Crippen LogP contribution in [0.2, 0.25) is 0 Å². The lowest BCUT2D eigenvalue weighted by Crippen LogP contribution is -2.17. The number of carbonyl (C=O) groups excluding carboxylic acids is 2. The molecule has 7 nitrogen and oxygen atoms in total. The van der Waals surface area contributed by atoms with Crippen LogP contribution in [0.1, 0.15) is 18.2 Å². The molecule has 1 N–H and O–H groups in total. The fraction of sp³-hybridized carbons (Fsp3) is 0.158. The van der Waals surface area contributed by atoms with Gasteiger partial charge in [0.15, 0.2) is 0 Å². The molecule has 0 saturated carbocycles. The number of ether oxygens (including phenoxy) is 1. The molecule has 3 aromatic heterocycles. The van der Waals surface area contributed by atoms with Gasteiger partial charge < -0.3 is 9.15 Å². The van der Waals surface area contributed by atoms with Crippen LogP contribution < -0.4 is 10.1 Å². The summed E-state index contributed by atoms with van der Waals surface area (Å²) in [6.45, 7) is 4.39. The predicted octanol–water partition coefficient (Wildman–Crippen LogP) is 3.92. The first-order valence-electron chi connectivity index (χ1n) is 8.27. The van der Waals surface area contributed by atoms with E-state index in [0.717, 1.165) is 33.8 Å². The van der Waals surface area contributed by atoms with E-state index in [0.29, 0.717) is 28.7 Å². The van der Waals surface area contributed by atoms with E-state index in [1.54, 1.807) is 30.7 Å². The average Bonchev–Trinajstić information content (AvgIpc) is 3.19. The Labute approximate surface area is 158 Å². The Kier molecular flexibility index (Phi) is 4.41. The van der Waals surface area contributed by atoms with E-state index in [2.05, 4.69) is 15.3 Å². The summed E-state index contributed by atoms with van der Waals surface area (Å²) in [7, 11) is 0. The Bertz CT molecular complexity index is 1100. The fourth-order valence-corrected chi connectivity index (χ4v) is 3.47. The molecule has 0 aliphatic carbocycles. The minimum absolute atomic E-state index is 0.298. The van der Waals surface area contributed by atoms with E-state index in [-0.39, 0.29) is 5.24 Å². The maximum atomic E-state index is 11.7. The molecule has 1 saturated heterocycles. The topological polar surface area (TPSA) is 94.3 Å². The van der Waals surface area contributed by atoms with E-state index in [9.17, 15) is 9.59 Å². The van der Waals surface area contributed by atoms with E-state index in [1.807, 2.05) is 19.9 Å². The number of amides is 2. The van der Waals surface area contributed by atoms with E-state index >= 15 is 0 Å². The number of pyridine rings is 2. The van der Waals surface area contributed by atoms with Crippen LogP contribution in [0.3, 0.4) is 0 Å². The Morgan fingerprint density at radius 3 is 2.81 bits per heavy atom. The molecular formula is C19H15N3O4S. The standard InChI is InChI=1S/C19H15N3O4S/c1-3-25-18-10(2)4-11(8-21-18)14-9-20-7-12-5-13(26-16(12)14)6-15-17(23)22-19(24)27-15/h4-9H,3H2,1-2H3,(H,22,23,24)/b15-6-. The fourth-order valence-electron chi connectivity index (χ4n) is 2.81. The molecule has 0 atom stereocenters. The second kappa shape index (κ2) is 6.88. The normalized spacial score (nSPS) is 15.6. The highest BCUT2D eigenvalue weighted by Gasteiger charge is 2.25. The van der Waals surface area contributed by atoms with Gasteiger partial charge in [0.05, 0.1) is 11.5 Å². The minimum atomic E-state index is -0.421. The predicted molar refractivity (Wildman–Crippen MR) is 102 cm³/mol. The highest BCUT2D eigenvalue weighted by atomic mass is 32.2. The van der Waals surface area contributed by atoms with Gasteiger partial charge in [0.25, 0.3) is 11.1 Å². The Balaban J connectivity index is 1.76. The minimum Gasteiger partial charge on any atom is -0.478 e. The molecule has 0 bridgehead atoms. The van der Waals surface area contributed by atoms with Crippen LogP contribution in [-0.2, 0) is 4.79 Å². The molecule has 1 aliphatic heterocycles. The van der Waals surface area contributed by atoms with Crippen molar-refractivity contribution in [3.63, 3.8) is 0 Å². The number of carbonyl (C=O) groups is 2. The maximum absolute atomic E-state index is 11.7. The summed E-state index contributed by atoms with van der Waals surface area (Å²) in [4.78, 5) is 32.0. The quantitative estimate of drug-likeness (QED) is 0.685. The number of nitrogens with zero attached hydrogens (tertiary/aromatic N) is 2. The first kappa shape index (κ1) is 17.3. The van der Waals surface area contributed by atoms with Crippen molar-refractivity contribution in [3.8, 4) is 17.0 Å². The van der Waals surface area contributed by atoms with Gasteiger partial charge in [0.1, 0.15) is 11.3 Å². The number of fused-ring (bicyclic) bond motifs is 1. The SMILES string of the molecule is CCOc1ncc(-c2cncc3cc(/C=C4\SC(=O)NC4=O)oc23)cc1C. The molecular weight excluding hydrogens is 366 g/mol. The smallest absolute Gasteiger partial charge is 0.290 e. The molecule has 27 heavy (non-hydrogen) atoms. The van der Waals surface area contributed by atoms with Crippen molar-refractivity contribution in [2.24, 2.45) is 0 Å². The molecule has 2 amide bonds. The lowest BCUT2D eigenvalue weighted by Gasteiger charge is -2.08. The van der Waals surface area contributed by atoms with Crippen LogP contribution in [0.15, 0.2) is 40.0 Å². The number of hydrogen-bond donors (Lipinski definition) is 1. The molecule has 136 valence electrons. The molecule has 0 radical (unpaired) electrons. The summed E-state index contributed by atoms with van der Waals surface area (Å²) >= 11 is 0.849. The third-order valence-corrected chi connectivity index (χ3v) is 4.79. The second-order valence-electron chi connectivity index (χ2n) is 5.89. The van der Waals surface area contributed by atoms with E-state index < -0.39 is 5.91 Å². The number of furan rings is 1. The maximum Gasteiger partial charge on any atom is 0.290 e. The van der Waals surface area contributed by atoms with Gasteiger partial charge in [0, 0.05) is 46.7 Å². The summed E-state index contributed by atoms with van der Waals surface area (Å²) in [5.74, 6) is 0.651. The molecule has 4 heterocycles. The second-order valence-corrected chi connectivity index (χ2v) is 6.90. The molecule has 4 rings (SSSR count). The van der Waals surface area contributed by atoms with Gasteiger partial charge in [-0.1, -0.05) is 0 Å². The van der Waals surface area contributed by atoms with Crippen LogP contribution >= 0.6 is 11.8 Å². The zero-order valence-electron chi connectivity index (χ0n) is 14.6. The Morgan fingerprint density at radius 2 is 2.11 bits per heavy atom. The Morgan fingerprint density at radius 1 is 1.26 bits per heavy atom. The lowest BCUT2D eigenvalue weighted by molar-refractivity contribution is -0.115. The third-order valence-electron chi connectivity index (χ3n) is 3.98. The van der Waals surface area contributed by atoms with Gasteiger partial charge in [-0.3, -0.25) is 19.9 Å². The lowest BCUT2D eigenvalue weighted by atomic mass is 10.1. The van der Waals surface area contributed by atoms with Crippen molar-refractivity contribution < 1.29 is 18.7 Å². The van der Waals surface area contributed by atoms with E-state index in [4.69, 9.17) is 9.15 Å². The number of imide groups is 1. The number of rotatable bonds is 4. The zero-order valence-corrected chi connectivity index (χ0v) is 15.4. The summed E-state index contributed by atoms with van der Waals surface area (Å²) < 4.78 is 11.4. The number of nitrogens with one attached hydrogen (secondary N) is 1. The summed E-state index contributed by atoms with van der Waals surface area (Å²) in [5.41, 5.74) is 3.19. The number of aromatic nitrogens is 2. The molecule has 3 aromatic rings. The highest BCUT2D eigenvalue weighted by molar-refractivity contribution is 8.18. The number of hydrogen-bond acceptors (Lipinski definition) is 7. The van der Waals surface area contributed by atoms with Crippen LogP contribution in [0.25, 0.3) is 28.2 Å². The number of thioether (sulfide) groups is 1. The first-order valence-corrected chi connectivity index (χ1v) is 9.09. The monoisotopic (exact) mass is 381 g/mol. The highest BCUT2D eigenvalue weighted by Crippen LogP contribution is 2.33. The van der Waals surface area contributed by atoms with Crippen molar-refractivity contribution >= 4 is 40.0 Å². The number of aryl methyl sites for hydroxylation is 1. The molecule has 0 spiro atoms. The molecule has 8 heteroatoms. The van der Waals surface area contributed by atoms with Gasteiger partial charge in [-0.05, 0) is 37.7 Å². The van der Waals surface area contributed by atoms with Crippen molar-refractivity contribution in [1.29, 1.82) is 0 Å². The van der Waals surface area contributed by atoms with Gasteiger partial charge in [-0.25, -0.2) is 4.98 Å². The van der Waals surface area contributed by atoms with Crippen molar-refractivity contribution in [3.05, 3.63) is 47.0 Å². The van der Waals surface area contributed by atoms with Gasteiger partial charge in [-0.15, -0.1) is 0 Å². The molecule has 0 unspecified atom stereocenters. The molecule has 0 aromatic carbocycles. The average molecular weight is 381 g/mol. The van der Waals surface area contributed by atoms with Gasteiger partial charge in [-0.2, -0.15) is 0 Å². The van der Waals surface area contributed by atoms with Crippen LogP contribution in [0, 0.1) is 6.92 Å². The third kappa shape index (κ3) is 3.31. The van der Waals surface area contributed by atoms with Crippen molar-refractivity contribution in [2.45, 2.75) is 13.8 Å². The Hall–Kier alpha value is -3.13. The summed E-state index contributed by atoms with van der Waals surface area (Å²) in [6, 6.07) is 3.75. The van der Waals surface area contributed by atoms with Gasteiger partial charge >= 0.3 is 0 Å². The largest absolute Gasteiger partial charge is 0.478 e. The first-order chi connectivity index (χ1) is 13.0. The van der Waals surface area contributed by atoms with Gasteiger partial charge in [0.2, 0.25) is 5.88 Å². The van der Waals surface area contributed by atoms with Crippen molar-refractivity contribution in [1.82, 2.24) is 15.3 Å². The van der Waals surface area contributed by atoms with Crippen LogP contribution in [-0.4, -0.2) is 27.7 Å². The summed E-state index contributed by atoms with van der Waals surface area (Å²) in [5, 5.41) is 2.63.